The molecular weight excluding hydrogens is 148 g/mol. The van der Waals surface area contributed by atoms with Crippen LogP contribution in [0.3, 0.4) is 0 Å². The molecule has 0 atom stereocenters. The fourth-order valence-electron chi connectivity index (χ4n) is 1.29. The van der Waals surface area contributed by atoms with Crippen LogP contribution in [-0.2, 0) is 0 Å². The predicted octanol–water partition coefficient (Wildman–Crippen LogP) is 2.80. The van der Waals surface area contributed by atoms with Crippen LogP contribution in [0.25, 0.3) is 11.1 Å². The van der Waals surface area contributed by atoms with E-state index in [1.54, 1.807) is 7.11 Å². The van der Waals surface area contributed by atoms with E-state index in [0.717, 1.165) is 5.75 Å². The van der Waals surface area contributed by atoms with Crippen molar-refractivity contribution in [3.05, 3.63) is 42.5 Å². The third kappa shape index (κ3) is 1.14. The minimum absolute atomic E-state index is 0.895. The van der Waals surface area contributed by atoms with E-state index >= 15 is 0 Å². The van der Waals surface area contributed by atoms with Crippen LogP contribution in [0.15, 0.2) is 42.5 Å². The highest BCUT2D eigenvalue weighted by atomic mass is 16.5. The minimum Gasteiger partial charge on any atom is -0.497 e. The van der Waals surface area contributed by atoms with E-state index in [1.165, 1.54) is 11.1 Å². The van der Waals surface area contributed by atoms with Crippen LogP contribution in [0.1, 0.15) is 0 Å². The Bertz CT molecular complexity index is 323. The van der Waals surface area contributed by atoms with Gasteiger partial charge >= 0.3 is 0 Å². The molecule has 1 heteroatoms. The first-order chi connectivity index (χ1) is 5.90. The largest absolute Gasteiger partial charge is 0.497 e. The zero-order valence-electron chi connectivity index (χ0n) is 6.95. The quantitative estimate of drug-likeness (QED) is 0.620. The highest BCUT2D eigenvalue weighted by molar-refractivity contribution is 5.66. The smallest absolute Gasteiger partial charge is 0.118 e. The molecule has 0 heterocycles. The van der Waals surface area contributed by atoms with E-state index in [-0.39, 0.29) is 0 Å². The molecule has 0 spiro atoms. The molecule has 12 heavy (non-hydrogen) atoms. The number of fused-ring (bicyclic) bond motifs is 1. The first-order valence-electron chi connectivity index (χ1n) is 3.93. The van der Waals surface area contributed by atoms with Crippen LogP contribution in [0, 0.1) is 0 Å². The predicted molar refractivity (Wildman–Crippen MR) is 49.6 cm³/mol. The van der Waals surface area contributed by atoms with Crippen LogP contribution < -0.4 is 4.74 Å². The van der Waals surface area contributed by atoms with Crippen molar-refractivity contribution in [3.8, 4) is 16.9 Å². The summed E-state index contributed by atoms with van der Waals surface area (Å²) < 4.78 is 5.11. The lowest BCUT2D eigenvalue weighted by molar-refractivity contribution is 0.415. The Morgan fingerprint density at radius 1 is 0.833 bits per heavy atom. The number of hydrogen-bond donors (Lipinski definition) is 0. The van der Waals surface area contributed by atoms with Gasteiger partial charge in [-0.05, 0) is 23.3 Å². The lowest BCUT2D eigenvalue weighted by Crippen LogP contribution is -1.76. The summed E-state index contributed by atoms with van der Waals surface area (Å²) >= 11 is 0. The minimum atomic E-state index is 0.895. The van der Waals surface area contributed by atoms with Gasteiger partial charge in [0.2, 0.25) is 0 Å². The lowest BCUT2D eigenvalue weighted by atomic mass is 10.2. The highest BCUT2D eigenvalue weighted by Gasteiger charge is 1.97. The van der Waals surface area contributed by atoms with E-state index in [2.05, 4.69) is 30.3 Å². The second-order valence-corrected chi connectivity index (χ2v) is 2.71. The van der Waals surface area contributed by atoms with Crippen molar-refractivity contribution in [1.29, 1.82) is 0 Å². The van der Waals surface area contributed by atoms with Gasteiger partial charge in [-0.25, -0.2) is 0 Å². The summed E-state index contributed by atoms with van der Waals surface area (Å²) in [5, 5.41) is 0. The summed E-state index contributed by atoms with van der Waals surface area (Å²) in [5.74, 6) is 0.895. The zero-order valence-corrected chi connectivity index (χ0v) is 6.95. The fraction of sp³-hybridized carbons (Fsp3) is 0.0909. The normalized spacial score (nSPS) is 10.1. The monoisotopic (exact) mass is 158 g/mol. The molecule has 0 N–H and O–H groups in total. The third-order valence-corrected chi connectivity index (χ3v) is 1.97. The Morgan fingerprint density at radius 2 is 1.42 bits per heavy atom. The van der Waals surface area contributed by atoms with Gasteiger partial charge in [-0.2, -0.15) is 0 Å². The Labute approximate surface area is 71.9 Å². The fourth-order valence-corrected chi connectivity index (χ4v) is 1.29. The molecule has 2 aliphatic rings. The average molecular weight is 158 g/mol. The number of methoxy groups -OCH3 is 1. The maximum absolute atomic E-state index is 5.11. The van der Waals surface area contributed by atoms with Crippen molar-refractivity contribution < 1.29 is 4.74 Å². The van der Waals surface area contributed by atoms with Crippen molar-refractivity contribution in [2.45, 2.75) is 0 Å². The summed E-state index contributed by atoms with van der Waals surface area (Å²) in [4.78, 5) is 0. The molecule has 0 saturated carbocycles. The molecule has 60 valence electrons. The van der Waals surface area contributed by atoms with Gasteiger partial charge in [0, 0.05) is 0 Å². The van der Waals surface area contributed by atoms with Crippen molar-refractivity contribution >= 4 is 0 Å². The van der Waals surface area contributed by atoms with Gasteiger partial charge in [0.15, 0.2) is 0 Å². The van der Waals surface area contributed by atoms with Crippen molar-refractivity contribution in [3.63, 3.8) is 0 Å². The average Bonchev–Trinajstić information content (AvgIpc) is 2.46. The Kier molecular flexibility index (Phi) is 1.71. The molecule has 0 aromatic carbocycles. The number of hydrogen-bond acceptors (Lipinski definition) is 1. The summed E-state index contributed by atoms with van der Waals surface area (Å²) in [6.07, 6.45) is 0. The van der Waals surface area contributed by atoms with Crippen LogP contribution in [0.4, 0.5) is 0 Å². The molecule has 2 rings (SSSR count). The molecule has 0 unspecified atom stereocenters. The van der Waals surface area contributed by atoms with Gasteiger partial charge in [-0.3, -0.25) is 0 Å². The molecule has 1 nitrogen and oxygen atoms in total. The first kappa shape index (κ1) is 7.17. The molecule has 0 aliphatic heterocycles. The van der Waals surface area contributed by atoms with Gasteiger partial charge in [0.25, 0.3) is 0 Å². The van der Waals surface area contributed by atoms with E-state index in [1.807, 2.05) is 12.1 Å². The van der Waals surface area contributed by atoms with Crippen LogP contribution >= 0.6 is 0 Å². The van der Waals surface area contributed by atoms with Gasteiger partial charge in [-0.15, -0.1) is 0 Å². The summed E-state index contributed by atoms with van der Waals surface area (Å²) in [5.41, 5.74) is 2.50. The standard InChI is InChI=1S/C11H10O/c1-12-11-7-5-9-3-2-4-10(9)6-8-11/h2-8H,1H3. The van der Waals surface area contributed by atoms with Crippen LogP contribution in [-0.4, -0.2) is 7.11 Å². The Hall–Kier alpha value is -1.50. The van der Waals surface area contributed by atoms with Gasteiger partial charge < -0.3 is 4.74 Å². The summed E-state index contributed by atoms with van der Waals surface area (Å²) in [6, 6.07) is 14.3. The number of rotatable bonds is 1. The SMILES string of the molecule is COc1ccc2cccc-2cc1. The molecular formula is C11H10O. The maximum atomic E-state index is 5.11. The molecule has 0 fully saturated rings. The first-order valence-corrected chi connectivity index (χ1v) is 3.93. The van der Waals surface area contributed by atoms with Gasteiger partial charge in [0.1, 0.15) is 5.75 Å². The third-order valence-electron chi connectivity index (χ3n) is 1.97. The number of ether oxygens (including phenoxy) is 1. The van der Waals surface area contributed by atoms with Crippen molar-refractivity contribution in [1.82, 2.24) is 0 Å². The van der Waals surface area contributed by atoms with E-state index < -0.39 is 0 Å². The molecule has 0 radical (unpaired) electrons. The maximum Gasteiger partial charge on any atom is 0.118 e. The summed E-state index contributed by atoms with van der Waals surface area (Å²) in [7, 11) is 1.68. The molecule has 0 aromatic heterocycles. The van der Waals surface area contributed by atoms with E-state index in [9.17, 15) is 0 Å². The molecule has 2 aliphatic carbocycles. The molecule has 0 bridgehead atoms. The van der Waals surface area contributed by atoms with E-state index in [4.69, 9.17) is 4.74 Å². The Balaban J connectivity index is 2.58. The highest BCUT2D eigenvalue weighted by Crippen LogP contribution is 2.23. The van der Waals surface area contributed by atoms with Crippen LogP contribution in [0.5, 0.6) is 5.75 Å². The second-order valence-electron chi connectivity index (χ2n) is 2.71. The van der Waals surface area contributed by atoms with E-state index in [0.29, 0.717) is 0 Å². The topological polar surface area (TPSA) is 9.23 Å². The van der Waals surface area contributed by atoms with Crippen molar-refractivity contribution in [2.75, 3.05) is 7.11 Å². The van der Waals surface area contributed by atoms with Gasteiger partial charge in [-0.1, -0.05) is 30.3 Å². The molecule has 0 saturated heterocycles. The van der Waals surface area contributed by atoms with Crippen molar-refractivity contribution in [2.24, 2.45) is 0 Å². The second kappa shape index (κ2) is 2.86. The summed E-state index contributed by atoms with van der Waals surface area (Å²) in [6.45, 7) is 0. The zero-order chi connectivity index (χ0) is 8.39. The Morgan fingerprint density at radius 3 is 1.92 bits per heavy atom. The lowest BCUT2D eigenvalue weighted by Gasteiger charge is -1.90. The van der Waals surface area contributed by atoms with Gasteiger partial charge in [0.05, 0.1) is 7.11 Å². The van der Waals surface area contributed by atoms with Crippen LogP contribution in [0.2, 0.25) is 0 Å². The molecule has 0 aromatic rings. The molecule has 0 amide bonds.